The Labute approximate surface area is 88.0 Å². The van der Waals surface area contributed by atoms with Gasteiger partial charge in [0.2, 0.25) is 0 Å². The van der Waals surface area contributed by atoms with Crippen LogP contribution in [0.4, 0.5) is 0 Å². The number of nitrogens with one attached hydrogen (secondary N) is 1. The van der Waals surface area contributed by atoms with Crippen molar-refractivity contribution in [2.75, 3.05) is 6.54 Å². The van der Waals surface area contributed by atoms with E-state index < -0.39 is 0 Å². The molecule has 1 nitrogen and oxygen atoms in total. The lowest BCUT2D eigenvalue weighted by Gasteiger charge is -2.43. The summed E-state index contributed by atoms with van der Waals surface area (Å²) in [6.45, 7) is 5.89. The van der Waals surface area contributed by atoms with Gasteiger partial charge in [-0.15, -0.1) is 0 Å². The summed E-state index contributed by atoms with van der Waals surface area (Å²) < 4.78 is 0. The molecule has 0 saturated heterocycles. The second-order valence-corrected chi connectivity index (χ2v) is 5.76. The number of rotatable bonds is 3. The third-order valence-corrected chi connectivity index (χ3v) is 3.60. The summed E-state index contributed by atoms with van der Waals surface area (Å²) in [6.07, 6.45) is 10.6. The Bertz CT molecular complexity index is 219. The van der Waals surface area contributed by atoms with Crippen molar-refractivity contribution >= 4 is 0 Å². The van der Waals surface area contributed by atoms with Crippen LogP contribution in [0.5, 0.6) is 0 Å². The zero-order chi connectivity index (χ0) is 10.0. The zero-order valence-electron chi connectivity index (χ0n) is 9.60. The highest BCUT2D eigenvalue weighted by Crippen LogP contribution is 2.39. The van der Waals surface area contributed by atoms with Crippen molar-refractivity contribution in [2.45, 2.75) is 58.4 Å². The minimum absolute atomic E-state index is 0.610. The first-order valence-corrected chi connectivity index (χ1v) is 6.07. The molecule has 2 aliphatic rings. The van der Waals surface area contributed by atoms with Gasteiger partial charge >= 0.3 is 0 Å². The van der Waals surface area contributed by atoms with Gasteiger partial charge in [0.15, 0.2) is 0 Å². The summed E-state index contributed by atoms with van der Waals surface area (Å²) in [4.78, 5) is 0. The van der Waals surface area contributed by atoms with Gasteiger partial charge in [0.25, 0.3) is 0 Å². The van der Waals surface area contributed by atoms with Crippen molar-refractivity contribution in [3.8, 4) is 0 Å². The van der Waals surface area contributed by atoms with Gasteiger partial charge in [-0.1, -0.05) is 25.5 Å². The quantitative estimate of drug-likeness (QED) is 0.678. The average molecular weight is 193 g/mol. The molecule has 1 fully saturated rings. The lowest BCUT2D eigenvalue weighted by atomic mass is 9.68. The zero-order valence-corrected chi connectivity index (χ0v) is 9.60. The van der Waals surface area contributed by atoms with E-state index in [9.17, 15) is 0 Å². The van der Waals surface area contributed by atoms with Crippen molar-refractivity contribution in [1.29, 1.82) is 0 Å². The highest BCUT2D eigenvalue weighted by atomic mass is 14.9. The monoisotopic (exact) mass is 193 g/mol. The molecule has 0 aromatic carbocycles. The molecule has 0 amide bonds. The molecular formula is C13H23N. The molecule has 0 heterocycles. The summed E-state index contributed by atoms with van der Waals surface area (Å²) in [7, 11) is 0. The summed E-state index contributed by atoms with van der Waals surface area (Å²) in [6, 6.07) is 0.799. The van der Waals surface area contributed by atoms with E-state index in [1.807, 2.05) is 0 Å². The van der Waals surface area contributed by atoms with E-state index in [1.54, 1.807) is 5.57 Å². The molecule has 1 saturated carbocycles. The Morgan fingerprint density at radius 3 is 2.71 bits per heavy atom. The van der Waals surface area contributed by atoms with Gasteiger partial charge in [0, 0.05) is 12.6 Å². The van der Waals surface area contributed by atoms with Gasteiger partial charge in [-0.25, -0.2) is 0 Å². The Morgan fingerprint density at radius 2 is 2.14 bits per heavy atom. The molecule has 14 heavy (non-hydrogen) atoms. The molecular weight excluding hydrogens is 170 g/mol. The fourth-order valence-corrected chi connectivity index (χ4v) is 2.76. The van der Waals surface area contributed by atoms with Crippen molar-refractivity contribution in [2.24, 2.45) is 5.41 Å². The fraction of sp³-hybridized carbons (Fsp3) is 0.846. The Balaban J connectivity index is 1.66. The summed E-state index contributed by atoms with van der Waals surface area (Å²) in [5.41, 5.74) is 2.26. The van der Waals surface area contributed by atoms with Crippen molar-refractivity contribution in [3.05, 3.63) is 11.6 Å². The Morgan fingerprint density at radius 1 is 1.36 bits per heavy atom. The highest BCUT2D eigenvalue weighted by Gasteiger charge is 2.35. The highest BCUT2D eigenvalue weighted by molar-refractivity contribution is 5.08. The summed E-state index contributed by atoms with van der Waals surface area (Å²) in [5.74, 6) is 0. The molecule has 0 unspecified atom stereocenters. The van der Waals surface area contributed by atoms with Gasteiger partial charge in [-0.05, 0) is 43.9 Å². The van der Waals surface area contributed by atoms with Crippen LogP contribution in [0, 0.1) is 5.41 Å². The molecule has 0 radical (unpaired) electrons. The summed E-state index contributed by atoms with van der Waals surface area (Å²) in [5, 5.41) is 3.68. The van der Waals surface area contributed by atoms with Gasteiger partial charge in [0.1, 0.15) is 0 Å². The van der Waals surface area contributed by atoms with E-state index in [4.69, 9.17) is 0 Å². The first kappa shape index (κ1) is 10.2. The van der Waals surface area contributed by atoms with E-state index in [0.29, 0.717) is 5.41 Å². The minimum Gasteiger partial charge on any atom is -0.310 e. The Hall–Kier alpha value is -0.300. The first-order valence-electron chi connectivity index (χ1n) is 6.07. The molecule has 80 valence electrons. The summed E-state index contributed by atoms with van der Waals surface area (Å²) >= 11 is 0. The molecule has 1 heteroatoms. The lowest BCUT2D eigenvalue weighted by Crippen LogP contribution is -2.46. The molecule has 0 atom stereocenters. The van der Waals surface area contributed by atoms with Crippen LogP contribution in [0.15, 0.2) is 11.6 Å². The minimum atomic E-state index is 0.610. The molecule has 2 aliphatic carbocycles. The molecule has 0 aromatic rings. The largest absolute Gasteiger partial charge is 0.310 e. The van der Waals surface area contributed by atoms with E-state index in [-0.39, 0.29) is 0 Å². The predicted octanol–water partition coefficient (Wildman–Crippen LogP) is 3.27. The predicted molar refractivity (Wildman–Crippen MR) is 61.4 cm³/mol. The van der Waals surface area contributed by atoms with E-state index in [0.717, 1.165) is 12.6 Å². The fourth-order valence-electron chi connectivity index (χ4n) is 2.76. The second-order valence-electron chi connectivity index (χ2n) is 5.76. The molecule has 2 rings (SSSR count). The maximum Gasteiger partial charge on any atom is 0.0167 e. The van der Waals surface area contributed by atoms with Crippen molar-refractivity contribution < 1.29 is 0 Å². The SMILES string of the molecule is CC1(C)CC(NCC2=CCCCC2)C1. The lowest BCUT2D eigenvalue weighted by molar-refractivity contribution is 0.128. The maximum atomic E-state index is 3.68. The van der Waals surface area contributed by atoms with Crippen molar-refractivity contribution in [1.82, 2.24) is 5.32 Å². The molecule has 0 aromatic heterocycles. The van der Waals surface area contributed by atoms with Crippen LogP contribution in [0.25, 0.3) is 0 Å². The van der Waals surface area contributed by atoms with Crippen LogP contribution >= 0.6 is 0 Å². The van der Waals surface area contributed by atoms with Crippen molar-refractivity contribution in [3.63, 3.8) is 0 Å². The van der Waals surface area contributed by atoms with Crippen LogP contribution < -0.4 is 5.32 Å². The maximum absolute atomic E-state index is 3.68. The number of hydrogen-bond acceptors (Lipinski definition) is 1. The van der Waals surface area contributed by atoms with Crippen LogP contribution in [0.3, 0.4) is 0 Å². The topological polar surface area (TPSA) is 12.0 Å². The third-order valence-electron chi connectivity index (χ3n) is 3.60. The van der Waals surface area contributed by atoms with Gasteiger partial charge in [-0.3, -0.25) is 0 Å². The smallest absolute Gasteiger partial charge is 0.0167 e. The standard InChI is InChI=1S/C13H23N/c1-13(2)8-12(9-13)14-10-11-6-4-3-5-7-11/h6,12,14H,3-5,7-10H2,1-2H3. The number of allylic oxidation sites excluding steroid dienone is 1. The van der Waals surface area contributed by atoms with E-state index >= 15 is 0 Å². The van der Waals surface area contributed by atoms with Gasteiger partial charge < -0.3 is 5.32 Å². The normalized spacial score (nSPS) is 26.9. The van der Waals surface area contributed by atoms with Gasteiger partial charge in [0.05, 0.1) is 0 Å². The van der Waals surface area contributed by atoms with E-state index in [1.165, 1.54) is 38.5 Å². The molecule has 1 N–H and O–H groups in total. The van der Waals surface area contributed by atoms with Crippen LogP contribution in [0.2, 0.25) is 0 Å². The van der Waals surface area contributed by atoms with Crippen LogP contribution in [0.1, 0.15) is 52.4 Å². The average Bonchev–Trinajstić information content (AvgIpc) is 2.13. The molecule has 0 bridgehead atoms. The first-order chi connectivity index (χ1) is 6.66. The number of hydrogen-bond donors (Lipinski definition) is 1. The second kappa shape index (κ2) is 4.06. The van der Waals surface area contributed by atoms with Crippen LogP contribution in [-0.4, -0.2) is 12.6 Å². The third kappa shape index (κ3) is 2.60. The van der Waals surface area contributed by atoms with Crippen LogP contribution in [-0.2, 0) is 0 Å². The van der Waals surface area contributed by atoms with Gasteiger partial charge in [-0.2, -0.15) is 0 Å². The molecule has 0 spiro atoms. The molecule has 0 aliphatic heterocycles. The Kier molecular flexibility index (Phi) is 2.96. The van der Waals surface area contributed by atoms with E-state index in [2.05, 4.69) is 25.2 Å².